The highest BCUT2D eigenvalue weighted by Gasteiger charge is 2.37. The number of hydrogen-bond donors (Lipinski definition) is 1. The number of hydrogen-bond acceptors (Lipinski definition) is 2. The SMILES string of the molecule is CC1NC(=O)C(C)N(c2ccc(Br)cc2Br)C1=O. The monoisotopic (exact) mass is 374 g/mol. The van der Waals surface area contributed by atoms with Crippen LogP contribution in [0, 0.1) is 0 Å². The Kier molecular flexibility index (Phi) is 3.77. The molecule has 1 aliphatic heterocycles. The van der Waals surface area contributed by atoms with Crippen molar-refractivity contribution in [3.8, 4) is 0 Å². The summed E-state index contributed by atoms with van der Waals surface area (Å²) in [4.78, 5) is 25.5. The summed E-state index contributed by atoms with van der Waals surface area (Å²) in [6, 6.07) is 4.51. The van der Waals surface area contributed by atoms with Crippen LogP contribution >= 0.6 is 31.9 Å². The fourth-order valence-corrected chi connectivity index (χ4v) is 3.15. The Morgan fingerprint density at radius 1 is 1.22 bits per heavy atom. The number of nitrogens with zero attached hydrogens (tertiary/aromatic N) is 1. The highest BCUT2D eigenvalue weighted by Crippen LogP contribution is 2.32. The van der Waals surface area contributed by atoms with Gasteiger partial charge in [-0.3, -0.25) is 14.5 Å². The van der Waals surface area contributed by atoms with Crippen LogP contribution in [0.2, 0.25) is 0 Å². The van der Waals surface area contributed by atoms with E-state index in [1.165, 1.54) is 4.90 Å². The molecule has 4 nitrogen and oxygen atoms in total. The zero-order valence-electron chi connectivity index (χ0n) is 9.91. The molecule has 1 fully saturated rings. The highest BCUT2D eigenvalue weighted by atomic mass is 79.9. The Bertz CT molecular complexity index is 519. The van der Waals surface area contributed by atoms with Gasteiger partial charge in [-0.2, -0.15) is 0 Å². The second-order valence-electron chi connectivity index (χ2n) is 4.21. The molecular weight excluding hydrogens is 364 g/mol. The number of halogens is 2. The van der Waals surface area contributed by atoms with Crippen LogP contribution in [-0.2, 0) is 9.59 Å². The molecule has 1 heterocycles. The largest absolute Gasteiger partial charge is 0.343 e. The van der Waals surface area contributed by atoms with Gasteiger partial charge < -0.3 is 5.32 Å². The molecule has 2 atom stereocenters. The third-order valence-corrected chi connectivity index (χ3v) is 4.03. The molecule has 1 aromatic carbocycles. The lowest BCUT2D eigenvalue weighted by molar-refractivity contribution is -0.133. The maximum absolute atomic E-state index is 12.2. The molecule has 0 aromatic heterocycles. The van der Waals surface area contributed by atoms with E-state index >= 15 is 0 Å². The molecule has 0 bridgehead atoms. The summed E-state index contributed by atoms with van der Waals surface area (Å²) in [6.45, 7) is 3.40. The van der Waals surface area contributed by atoms with Crippen molar-refractivity contribution in [2.45, 2.75) is 25.9 Å². The summed E-state index contributed by atoms with van der Waals surface area (Å²) in [7, 11) is 0. The first-order chi connectivity index (χ1) is 8.41. The zero-order valence-corrected chi connectivity index (χ0v) is 13.1. The first-order valence-electron chi connectivity index (χ1n) is 5.50. The van der Waals surface area contributed by atoms with Gasteiger partial charge in [0.1, 0.15) is 12.1 Å². The van der Waals surface area contributed by atoms with Crippen molar-refractivity contribution in [1.82, 2.24) is 5.32 Å². The van der Waals surface area contributed by atoms with Crippen molar-refractivity contribution in [3.63, 3.8) is 0 Å². The first kappa shape index (κ1) is 13.5. The van der Waals surface area contributed by atoms with E-state index in [2.05, 4.69) is 37.2 Å². The van der Waals surface area contributed by atoms with Gasteiger partial charge in [-0.15, -0.1) is 0 Å². The molecule has 2 rings (SSSR count). The minimum Gasteiger partial charge on any atom is -0.343 e. The molecule has 1 aromatic rings. The highest BCUT2D eigenvalue weighted by molar-refractivity contribution is 9.11. The molecule has 1 N–H and O–H groups in total. The van der Waals surface area contributed by atoms with Gasteiger partial charge in [0.2, 0.25) is 11.8 Å². The Labute approximate surface area is 122 Å². The zero-order chi connectivity index (χ0) is 13.4. The molecule has 0 aliphatic carbocycles. The number of anilines is 1. The van der Waals surface area contributed by atoms with Crippen molar-refractivity contribution >= 4 is 49.4 Å². The van der Waals surface area contributed by atoms with Crippen LogP contribution in [0.5, 0.6) is 0 Å². The van der Waals surface area contributed by atoms with Gasteiger partial charge in [0, 0.05) is 8.95 Å². The summed E-state index contributed by atoms with van der Waals surface area (Å²) < 4.78 is 1.69. The third kappa shape index (κ3) is 2.31. The molecule has 6 heteroatoms. The molecular formula is C12H12Br2N2O2. The quantitative estimate of drug-likeness (QED) is 0.819. The van der Waals surface area contributed by atoms with E-state index in [4.69, 9.17) is 0 Å². The van der Waals surface area contributed by atoms with Gasteiger partial charge in [-0.05, 0) is 48.0 Å². The molecule has 2 unspecified atom stereocenters. The van der Waals surface area contributed by atoms with Crippen molar-refractivity contribution in [3.05, 3.63) is 27.1 Å². The molecule has 1 aliphatic rings. The average molecular weight is 376 g/mol. The summed E-state index contributed by atoms with van der Waals surface area (Å²) >= 11 is 6.78. The van der Waals surface area contributed by atoms with Gasteiger partial charge in [-0.1, -0.05) is 15.9 Å². The van der Waals surface area contributed by atoms with E-state index in [-0.39, 0.29) is 11.8 Å². The standard InChI is InChI=1S/C12H12Br2N2O2/c1-6-12(18)16(7(2)11(17)15-6)10-4-3-8(13)5-9(10)14/h3-7H,1-2H3,(H,15,17). The number of rotatable bonds is 1. The van der Waals surface area contributed by atoms with Gasteiger partial charge in [0.25, 0.3) is 0 Å². The topological polar surface area (TPSA) is 49.4 Å². The van der Waals surface area contributed by atoms with E-state index in [0.717, 1.165) is 8.95 Å². The summed E-state index contributed by atoms with van der Waals surface area (Å²) in [5, 5.41) is 2.65. The van der Waals surface area contributed by atoms with E-state index in [1.54, 1.807) is 13.8 Å². The maximum atomic E-state index is 12.2. The second kappa shape index (κ2) is 5.01. The number of amides is 2. The smallest absolute Gasteiger partial charge is 0.250 e. The van der Waals surface area contributed by atoms with Crippen LogP contribution in [0.3, 0.4) is 0 Å². The van der Waals surface area contributed by atoms with Gasteiger partial charge in [0.05, 0.1) is 5.69 Å². The molecule has 1 saturated heterocycles. The molecule has 2 amide bonds. The average Bonchev–Trinajstić information content (AvgIpc) is 2.29. The van der Waals surface area contributed by atoms with Crippen LogP contribution in [-0.4, -0.2) is 23.9 Å². The Balaban J connectivity index is 2.46. The van der Waals surface area contributed by atoms with Crippen LogP contribution in [0.15, 0.2) is 27.1 Å². The number of benzene rings is 1. The number of carbonyl (C=O) groups excluding carboxylic acids is 2. The van der Waals surface area contributed by atoms with Crippen LogP contribution < -0.4 is 10.2 Å². The minimum absolute atomic E-state index is 0.106. The Morgan fingerprint density at radius 3 is 2.50 bits per heavy atom. The first-order valence-corrected chi connectivity index (χ1v) is 7.09. The predicted octanol–water partition coefficient (Wildman–Crippen LogP) is 2.45. The molecule has 0 spiro atoms. The molecule has 0 saturated carbocycles. The predicted molar refractivity (Wildman–Crippen MR) is 76.4 cm³/mol. The molecule has 0 radical (unpaired) electrons. The normalized spacial score (nSPS) is 24.1. The Morgan fingerprint density at radius 2 is 1.89 bits per heavy atom. The van der Waals surface area contributed by atoms with Crippen molar-refractivity contribution in [2.75, 3.05) is 4.90 Å². The summed E-state index contributed by atoms with van der Waals surface area (Å²) in [5.41, 5.74) is 0.706. The van der Waals surface area contributed by atoms with E-state index in [1.807, 2.05) is 18.2 Å². The second-order valence-corrected chi connectivity index (χ2v) is 5.98. The van der Waals surface area contributed by atoms with E-state index < -0.39 is 12.1 Å². The van der Waals surface area contributed by atoms with Gasteiger partial charge in [-0.25, -0.2) is 0 Å². The lowest BCUT2D eigenvalue weighted by atomic mass is 10.1. The van der Waals surface area contributed by atoms with Crippen LogP contribution in [0.25, 0.3) is 0 Å². The van der Waals surface area contributed by atoms with Crippen molar-refractivity contribution < 1.29 is 9.59 Å². The molecule has 18 heavy (non-hydrogen) atoms. The van der Waals surface area contributed by atoms with E-state index in [0.29, 0.717) is 5.69 Å². The van der Waals surface area contributed by atoms with Crippen LogP contribution in [0.4, 0.5) is 5.69 Å². The lowest BCUT2D eigenvalue weighted by Gasteiger charge is -2.36. The lowest BCUT2D eigenvalue weighted by Crippen LogP contribution is -2.61. The fraction of sp³-hybridized carbons (Fsp3) is 0.333. The van der Waals surface area contributed by atoms with Gasteiger partial charge in [0.15, 0.2) is 0 Å². The van der Waals surface area contributed by atoms with Gasteiger partial charge >= 0.3 is 0 Å². The summed E-state index contributed by atoms with van der Waals surface area (Å²) in [6.07, 6.45) is 0. The Hall–Kier alpha value is -0.880. The van der Waals surface area contributed by atoms with Crippen LogP contribution in [0.1, 0.15) is 13.8 Å². The van der Waals surface area contributed by atoms with Crippen molar-refractivity contribution in [2.24, 2.45) is 0 Å². The number of nitrogens with one attached hydrogen (secondary N) is 1. The fourth-order valence-electron chi connectivity index (χ4n) is 1.92. The number of carbonyl (C=O) groups is 2. The number of piperazine rings is 1. The van der Waals surface area contributed by atoms with Crippen molar-refractivity contribution in [1.29, 1.82) is 0 Å². The van der Waals surface area contributed by atoms with E-state index in [9.17, 15) is 9.59 Å². The third-order valence-electron chi connectivity index (χ3n) is 2.90. The molecule has 96 valence electrons. The summed E-state index contributed by atoms with van der Waals surface area (Å²) in [5.74, 6) is -0.248. The minimum atomic E-state index is -0.508. The maximum Gasteiger partial charge on any atom is 0.250 e.